The molecule has 27 heavy (non-hydrogen) atoms. The van der Waals surface area contributed by atoms with Crippen molar-refractivity contribution in [1.29, 1.82) is 0 Å². The number of benzene rings is 1. The van der Waals surface area contributed by atoms with Gasteiger partial charge in [0, 0.05) is 24.4 Å². The zero-order chi connectivity index (χ0) is 18.6. The van der Waals surface area contributed by atoms with Gasteiger partial charge in [-0.2, -0.15) is 0 Å². The highest BCUT2D eigenvalue weighted by Crippen LogP contribution is 2.28. The second-order valence-electron chi connectivity index (χ2n) is 7.66. The van der Waals surface area contributed by atoms with Crippen LogP contribution in [0.15, 0.2) is 24.3 Å². The zero-order valence-electron chi connectivity index (χ0n) is 15.4. The largest absolute Gasteiger partial charge is 0.349 e. The number of nitrogens with zero attached hydrogens (tertiary/aromatic N) is 4. The van der Waals surface area contributed by atoms with E-state index in [1.165, 1.54) is 42.7 Å². The van der Waals surface area contributed by atoms with E-state index in [0.29, 0.717) is 11.6 Å². The molecule has 1 aliphatic carbocycles. The summed E-state index contributed by atoms with van der Waals surface area (Å²) in [5.74, 6) is 0.383. The molecule has 1 aromatic carbocycles. The van der Waals surface area contributed by atoms with Crippen LogP contribution in [0.25, 0.3) is 0 Å². The number of piperidine rings is 1. The summed E-state index contributed by atoms with van der Waals surface area (Å²) in [7, 11) is 0. The first kappa shape index (κ1) is 18.0. The van der Waals surface area contributed by atoms with Crippen LogP contribution in [-0.2, 0) is 6.54 Å². The Bertz CT molecular complexity index is 780. The first-order valence-electron chi connectivity index (χ1n) is 9.86. The molecule has 4 rings (SSSR count). The average molecular weight is 373 g/mol. The molecule has 0 atom stereocenters. The molecule has 0 bridgehead atoms. The van der Waals surface area contributed by atoms with Gasteiger partial charge in [0.15, 0.2) is 0 Å². The van der Waals surface area contributed by atoms with Gasteiger partial charge in [0.25, 0.3) is 5.91 Å². The smallest absolute Gasteiger partial charge is 0.251 e. The number of halogens is 1. The summed E-state index contributed by atoms with van der Waals surface area (Å²) in [6.07, 6.45) is 6.66. The van der Waals surface area contributed by atoms with Gasteiger partial charge in [-0.05, 0) is 41.5 Å². The molecule has 2 aliphatic rings. The van der Waals surface area contributed by atoms with E-state index in [0.717, 1.165) is 38.3 Å². The predicted octanol–water partition coefficient (Wildman–Crippen LogP) is 0.905. The minimum absolute atomic E-state index is 0.135. The summed E-state index contributed by atoms with van der Waals surface area (Å²) in [5.41, 5.74) is 0.375. The molecule has 1 saturated carbocycles. The van der Waals surface area contributed by atoms with Gasteiger partial charge in [-0.15, -0.1) is 5.10 Å². The number of carbonyl (C=O) groups is 1. The predicted molar refractivity (Wildman–Crippen MR) is 96.6 cm³/mol. The number of rotatable bonds is 5. The second-order valence-corrected chi connectivity index (χ2v) is 7.66. The maximum absolute atomic E-state index is 13.3. The fourth-order valence-electron chi connectivity index (χ4n) is 4.23. The van der Waals surface area contributed by atoms with E-state index in [1.54, 1.807) is 12.1 Å². The van der Waals surface area contributed by atoms with Gasteiger partial charge in [-0.1, -0.05) is 18.9 Å². The first-order chi connectivity index (χ1) is 13.2. The number of hydrogen-bond donors (Lipinski definition) is 2. The third-order valence-corrected chi connectivity index (χ3v) is 5.75. The third-order valence-electron chi connectivity index (χ3n) is 5.75. The van der Waals surface area contributed by atoms with Gasteiger partial charge in [0.1, 0.15) is 12.4 Å². The van der Waals surface area contributed by atoms with Crippen molar-refractivity contribution in [2.45, 2.75) is 57.2 Å². The Morgan fingerprint density at radius 1 is 1.22 bits per heavy atom. The zero-order valence-corrected chi connectivity index (χ0v) is 15.4. The summed E-state index contributed by atoms with van der Waals surface area (Å²) >= 11 is 0. The maximum Gasteiger partial charge on any atom is 0.251 e. The Balaban J connectivity index is 1.28. The number of hydrogen-bond acceptors (Lipinski definition) is 4. The first-order valence-corrected chi connectivity index (χ1v) is 9.86. The van der Waals surface area contributed by atoms with Crippen molar-refractivity contribution >= 4 is 5.91 Å². The van der Waals surface area contributed by atoms with Crippen molar-refractivity contribution < 1.29 is 14.1 Å². The lowest BCUT2D eigenvalue weighted by Crippen LogP contribution is -3.12. The Morgan fingerprint density at radius 2 is 2.00 bits per heavy atom. The highest BCUT2D eigenvalue weighted by atomic mass is 19.1. The van der Waals surface area contributed by atoms with Gasteiger partial charge in [0.2, 0.25) is 5.82 Å². The summed E-state index contributed by atoms with van der Waals surface area (Å²) in [4.78, 5) is 13.7. The molecular weight excluding hydrogens is 347 g/mol. The van der Waals surface area contributed by atoms with Crippen molar-refractivity contribution in [3.05, 3.63) is 41.5 Å². The van der Waals surface area contributed by atoms with Crippen LogP contribution in [0.2, 0.25) is 0 Å². The molecule has 1 amide bonds. The highest BCUT2D eigenvalue weighted by Gasteiger charge is 2.27. The van der Waals surface area contributed by atoms with Crippen LogP contribution in [-0.4, -0.2) is 45.2 Å². The molecule has 2 heterocycles. The van der Waals surface area contributed by atoms with Crippen molar-refractivity contribution in [2.75, 3.05) is 13.1 Å². The fraction of sp³-hybridized carbons (Fsp3) is 0.579. The fourth-order valence-corrected chi connectivity index (χ4v) is 4.23. The highest BCUT2D eigenvalue weighted by molar-refractivity contribution is 5.94. The lowest BCUT2D eigenvalue weighted by atomic mass is 10.0. The van der Waals surface area contributed by atoms with Crippen LogP contribution in [0, 0.1) is 5.82 Å². The summed E-state index contributed by atoms with van der Waals surface area (Å²) < 4.78 is 15.3. The summed E-state index contributed by atoms with van der Waals surface area (Å²) in [6.45, 7) is 2.76. The van der Waals surface area contributed by atoms with E-state index in [1.807, 2.05) is 4.68 Å². The molecule has 1 aliphatic heterocycles. The molecule has 0 spiro atoms. The number of tetrazole rings is 1. The molecule has 0 radical (unpaired) electrons. The summed E-state index contributed by atoms with van der Waals surface area (Å²) in [5, 5.41) is 15.4. The van der Waals surface area contributed by atoms with E-state index < -0.39 is 0 Å². The SMILES string of the molecule is O=C(NC1CC[NH+](Cc2nnnn2C2CCCC2)CC1)c1cccc(F)c1. The second kappa shape index (κ2) is 8.12. The van der Waals surface area contributed by atoms with Crippen LogP contribution in [0.1, 0.15) is 60.7 Å². The van der Waals surface area contributed by atoms with Crippen LogP contribution >= 0.6 is 0 Å². The molecule has 8 heteroatoms. The van der Waals surface area contributed by atoms with Gasteiger partial charge in [0.05, 0.1) is 19.1 Å². The Hall–Kier alpha value is -2.35. The van der Waals surface area contributed by atoms with Crippen molar-refractivity contribution in [3.8, 4) is 0 Å². The molecule has 1 aromatic heterocycles. The Labute approximate surface area is 157 Å². The van der Waals surface area contributed by atoms with Crippen molar-refractivity contribution in [1.82, 2.24) is 25.5 Å². The minimum Gasteiger partial charge on any atom is -0.349 e. The molecule has 144 valence electrons. The van der Waals surface area contributed by atoms with Crippen LogP contribution in [0.4, 0.5) is 4.39 Å². The maximum atomic E-state index is 13.3. The molecule has 2 aromatic rings. The van der Waals surface area contributed by atoms with Crippen LogP contribution in [0.5, 0.6) is 0 Å². The van der Waals surface area contributed by atoms with Crippen LogP contribution < -0.4 is 10.2 Å². The molecular formula is C19H26FN6O+. The average Bonchev–Trinajstić information content (AvgIpc) is 3.35. The number of likely N-dealkylation sites (tertiary alicyclic amines) is 1. The van der Waals surface area contributed by atoms with Gasteiger partial charge >= 0.3 is 0 Å². The van der Waals surface area contributed by atoms with E-state index in [4.69, 9.17) is 0 Å². The summed E-state index contributed by atoms with van der Waals surface area (Å²) in [6, 6.07) is 6.41. The minimum atomic E-state index is -0.387. The van der Waals surface area contributed by atoms with Gasteiger partial charge in [-0.25, -0.2) is 9.07 Å². The molecule has 2 fully saturated rings. The van der Waals surface area contributed by atoms with Crippen molar-refractivity contribution in [3.63, 3.8) is 0 Å². The molecule has 1 saturated heterocycles. The van der Waals surface area contributed by atoms with E-state index in [9.17, 15) is 9.18 Å². The third kappa shape index (κ3) is 4.32. The number of quaternary nitrogens is 1. The van der Waals surface area contributed by atoms with Gasteiger partial charge < -0.3 is 10.2 Å². The normalized spacial score (nSPS) is 23.4. The quantitative estimate of drug-likeness (QED) is 0.817. The van der Waals surface area contributed by atoms with E-state index >= 15 is 0 Å². The molecule has 7 nitrogen and oxygen atoms in total. The Kier molecular flexibility index (Phi) is 5.42. The molecule has 2 N–H and O–H groups in total. The van der Waals surface area contributed by atoms with E-state index in [2.05, 4.69) is 20.8 Å². The molecule has 0 unspecified atom stereocenters. The van der Waals surface area contributed by atoms with Crippen molar-refractivity contribution in [2.24, 2.45) is 0 Å². The topological polar surface area (TPSA) is 77.1 Å². The number of nitrogens with one attached hydrogen (secondary N) is 2. The van der Waals surface area contributed by atoms with E-state index in [-0.39, 0.29) is 17.8 Å². The van der Waals surface area contributed by atoms with Crippen LogP contribution in [0.3, 0.4) is 0 Å². The number of carbonyl (C=O) groups excluding carboxylic acids is 1. The number of amides is 1. The lowest BCUT2D eigenvalue weighted by molar-refractivity contribution is -0.919. The van der Waals surface area contributed by atoms with Gasteiger partial charge in [-0.3, -0.25) is 4.79 Å². The standard InChI is InChI=1S/C19H25FN6O/c20-15-5-3-4-14(12-15)19(27)21-16-8-10-25(11-9-16)13-18-22-23-24-26(18)17-6-1-2-7-17/h3-5,12,16-17H,1-2,6-11,13H2,(H,21,27)/p+1. The monoisotopic (exact) mass is 373 g/mol. The Morgan fingerprint density at radius 3 is 2.74 bits per heavy atom. The number of aromatic nitrogens is 4. The lowest BCUT2D eigenvalue weighted by Gasteiger charge is -2.29.